The molecule has 0 aliphatic heterocycles. The Kier molecular flexibility index (Phi) is 6.01. The van der Waals surface area contributed by atoms with Crippen molar-refractivity contribution in [2.45, 2.75) is 6.42 Å². The van der Waals surface area contributed by atoms with Crippen LogP contribution in [0, 0.1) is 0 Å². The van der Waals surface area contributed by atoms with Crippen molar-refractivity contribution in [1.82, 2.24) is 5.32 Å². The quantitative estimate of drug-likeness (QED) is 0.788. The lowest BCUT2D eigenvalue weighted by molar-refractivity contribution is 0.597. The summed E-state index contributed by atoms with van der Waals surface area (Å²) in [4.78, 5) is 0. The minimum absolute atomic E-state index is 0.0108. The SMILES string of the molecule is CNCCCS(=O)(=O)Nc1c(Cl)cc(Cl)cc1Cl. The van der Waals surface area contributed by atoms with E-state index in [1.165, 1.54) is 12.1 Å². The highest BCUT2D eigenvalue weighted by Gasteiger charge is 2.15. The average molecular weight is 332 g/mol. The molecule has 0 fully saturated rings. The van der Waals surface area contributed by atoms with Crippen LogP contribution in [0.2, 0.25) is 15.1 Å². The molecule has 0 bridgehead atoms. The third-order valence-electron chi connectivity index (χ3n) is 2.10. The van der Waals surface area contributed by atoms with Gasteiger partial charge in [-0.05, 0) is 32.1 Å². The average Bonchev–Trinajstić information content (AvgIpc) is 2.23. The van der Waals surface area contributed by atoms with Crippen LogP contribution < -0.4 is 10.0 Å². The van der Waals surface area contributed by atoms with Gasteiger partial charge in [0, 0.05) is 5.02 Å². The van der Waals surface area contributed by atoms with Crippen LogP contribution in [0.5, 0.6) is 0 Å². The van der Waals surface area contributed by atoms with Crippen LogP contribution in [0.25, 0.3) is 0 Å². The third kappa shape index (κ3) is 4.82. The zero-order valence-electron chi connectivity index (χ0n) is 9.63. The van der Waals surface area contributed by atoms with Gasteiger partial charge in [-0.3, -0.25) is 4.72 Å². The maximum atomic E-state index is 11.8. The van der Waals surface area contributed by atoms with Gasteiger partial charge in [-0.1, -0.05) is 34.8 Å². The predicted octanol–water partition coefficient (Wildman–Crippen LogP) is 3.00. The maximum absolute atomic E-state index is 11.8. The summed E-state index contributed by atoms with van der Waals surface area (Å²) in [6.07, 6.45) is 0.495. The van der Waals surface area contributed by atoms with Crippen LogP contribution in [-0.4, -0.2) is 27.8 Å². The lowest BCUT2D eigenvalue weighted by atomic mass is 10.3. The van der Waals surface area contributed by atoms with E-state index in [0.29, 0.717) is 18.0 Å². The van der Waals surface area contributed by atoms with E-state index < -0.39 is 10.0 Å². The lowest BCUT2D eigenvalue weighted by Crippen LogP contribution is -2.20. The molecule has 0 amide bonds. The molecule has 0 radical (unpaired) electrons. The zero-order chi connectivity index (χ0) is 13.8. The highest BCUT2D eigenvalue weighted by atomic mass is 35.5. The van der Waals surface area contributed by atoms with Crippen molar-refractivity contribution in [3.05, 3.63) is 27.2 Å². The van der Waals surface area contributed by atoms with Crippen LogP contribution >= 0.6 is 34.8 Å². The number of rotatable bonds is 6. The van der Waals surface area contributed by atoms with Crippen molar-refractivity contribution < 1.29 is 8.42 Å². The smallest absolute Gasteiger partial charge is 0.232 e. The maximum Gasteiger partial charge on any atom is 0.232 e. The summed E-state index contributed by atoms with van der Waals surface area (Å²) in [5.74, 6) is -0.0108. The molecule has 0 heterocycles. The zero-order valence-corrected chi connectivity index (χ0v) is 12.7. The molecule has 2 N–H and O–H groups in total. The molecule has 102 valence electrons. The van der Waals surface area contributed by atoms with Gasteiger partial charge in [0.25, 0.3) is 0 Å². The molecule has 0 aliphatic rings. The minimum Gasteiger partial charge on any atom is -0.320 e. The van der Waals surface area contributed by atoms with Crippen molar-refractivity contribution in [3.8, 4) is 0 Å². The molecule has 4 nitrogen and oxygen atoms in total. The van der Waals surface area contributed by atoms with Crippen molar-refractivity contribution >= 4 is 50.5 Å². The number of sulfonamides is 1. The second kappa shape index (κ2) is 6.82. The summed E-state index contributed by atoms with van der Waals surface area (Å²) < 4.78 is 25.9. The first-order valence-electron chi connectivity index (χ1n) is 5.15. The van der Waals surface area contributed by atoms with Gasteiger partial charge in [-0.25, -0.2) is 8.42 Å². The molecule has 1 rings (SSSR count). The van der Waals surface area contributed by atoms with Crippen LogP contribution in [0.1, 0.15) is 6.42 Å². The van der Waals surface area contributed by atoms with Gasteiger partial charge in [0.15, 0.2) is 0 Å². The third-order valence-corrected chi connectivity index (χ3v) is 4.26. The number of nitrogens with one attached hydrogen (secondary N) is 2. The second-order valence-electron chi connectivity index (χ2n) is 3.62. The molecule has 0 aromatic heterocycles. The van der Waals surface area contributed by atoms with Crippen molar-refractivity contribution in [3.63, 3.8) is 0 Å². The first kappa shape index (κ1) is 15.9. The molecule has 0 atom stereocenters. The number of anilines is 1. The number of hydrogen-bond donors (Lipinski definition) is 2. The first-order valence-corrected chi connectivity index (χ1v) is 7.94. The van der Waals surface area contributed by atoms with E-state index in [-0.39, 0.29) is 21.5 Å². The van der Waals surface area contributed by atoms with Crippen LogP contribution in [-0.2, 0) is 10.0 Å². The minimum atomic E-state index is -3.47. The van der Waals surface area contributed by atoms with Crippen LogP contribution in [0.15, 0.2) is 12.1 Å². The fourth-order valence-electron chi connectivity index (χ4n) is 1.29. The predicted molar refractivity (Wildman–Crippen MR) is 77.4 cm³/mol. The number of benzene rings is 1. The van der Waals surface area contributed by atoms with E-state index in [9.17, 15) is 8.42 Å². The highest BCUT2D eigenvalue weighted by Crippen LogP contribution is 2.34. The Labute approximate surface area is 122 Å². The number of hydrogen-bond acceptors (Lipinski definition) is 3. The fourth-order valence-corrected chi connectivity index (χ4v) is 3.47. The van der Waals surface area contributed by atoms with Gasteiger partial charge in [0.1, 0.15) is 0 Å². The normalized spacial score (nSPS) is 11.6. The van der Waals surface area contributed by atoms with E-state index in [0.717, 1.165) is 0 Å². The lowest BCUT2D eigenvalue weighted by Gasteiger charge is -2.11. The Morgan fingerprint density at radius 1 is 1.17 bits per heavy atom. The number of halogens is 3. The molecule has 18 heavy (non-hydrogen) atoms. The van der Waals surface area contributed by atoms with Crippen molar-refractivity contribution in [2.75, 3.05) is 24.1 Å². The van der Waals surface area contributed by atoms with E-state index in [1.54, 1.807) is 7.05 Å². The van der Waals surface area contributed by atoms with E-state index in [4.69, 9.17) is 34.8 Å². The van der Waals surface area contributed by atoms with E-state index >= 15 is 0 Å². The molecule has 0 saturated heterocycles. The second-order valence-corrected chi connectivity index (χ2v) is 6.72. The van der Waals surface area contributed by atoms with Gasteiger partial charge in [0.2, 0.25) is 10.0 Å². The summed E-state index contributed by atoms with van der Waals surface area (Å²) in [6, 6.07) is 2.86. The van der Waals surface area contributed by atoms with Gasteiger partial charge < -0.3 is 5.32 Å². The van der Waals surface area contributed by atoms with E-state index in [2.05, 4.69) is 10.0 Å². The molecular formula is C10H13Cl3N2O2S. The molecule has 1 aromatic carbocycles. The fraction of sp³-hybridized carbons (Fsp3) is 0.400. The Morgan fingerprint density at radius 3 is 2.22 bits per heavy atom. The molecule has 8 heteroatoms. The topological polar surface area (TPSA) is 58.2 Å². The van der Waals surface area contributed by atoms with Crippen LogP contribution in [0.4, 0.5) is 5.69 Å². The molecule has 0 saturated carbocycles. The summed E-state index contributed by atoms with van der Waals surface area (Å²) in [5.41, 5.74) is 0.159. The molecule has 0 aliphatic carbocycles. The highest BCUT2D eigenvalue weighted by molar-refractivity contribution is 7.92. The largest absolute Gasteiger partial charge is 0.320 e. The van der Waals surface area contributed by atoms with Crippen LogP contribution in [0.3, 0.4) is 0 Å². The first-order chi connectivity index (χ1) is 8.35. The Bertz CT molecular complexity index is 497. The monoisotopic (exact) mass is 330 g/mol. The Morgan fingerprint density at radius 2 is 1.72 bits per heavy atom. The molecule has 0 spiro atoms. The van der Waals surface area contributed by atoms with Gasteiger partial charge in [-0.15, -0.1) is 0 Å². The standard InChI is InChI=1S/C10H13Cl3N2O2S/c1-14-3-2-4-18(16,17)15-10-8(12)5-7(11)6-9(10)13/h5-6,14-15H,2-4H2,1H3. The van der Waals surface area contributed by atoms with Crippen molar-refractivity contribution in [2.24, 2.45) is 0 Å². The van der Waals surface area contributed by atoms with Gasteiger partial charge in [-0.2, -0.15) is 0 Å². The molecular weight excluding hydrogens is 319 g/mol. The van der Waals surface area contributed by atoms with E-state index in [1.807, 2.05) is 0 Å². The van der Waals surface area contributed by atoms with Gasteiger partial charge in [0.05, 0.1) is 21.5 Å². The summed E-state index contributed by atoms with van der Waals surface area (Å²) in [5, 5.41) is 3.56. The summed E-state index contributed by atoms with van der Waals surface area (Å²) in [7, 11) is -1.71. The Balaban J connectivity index is 2.84. The summed E-state index contributed by atoms with van der Waals surface area (Å²) >= 11 is 17.5. The molecule has 1 aromatic rings. The van der Waals surface area contributed by atoms with Gasteiger partial charge >= 0.3 is 0 Å². The Hall–Kier alpha value is -0.200. The summed E-state index contributed by atoms with van der Waals surface area (Å²) in [6.45, 7) is 0.614. The molecule has 0 unspecified atom stereocenters. The van der Waals surface area contributed by atoms with Crippen molar-refractivity contribution in [1.29, 1.82) is 0 Å².